The fraction of sp³-hybridized carbons (Fsp3) is 0.750. The van der Waals surface area contributed by atoms with E-state index in [2.05, 4.69) is 39.0 Å². The molecule has 0 saturated carbocycles. The van der Waals surface area contributed by atoms with Crippen LogP contribution < -0.4 is 0 Å². The highest BCUT2D eigenvalue weighted by atomic mass is 79.9. The third kappa shape index (κ3) is 5.12. The molecule has 0 N–H and O–H groups in total. The van der Waals surface area contributed by atoms with Crippen LogP contribution in [0.2, 0.25) is 0 Å². The Labute approximate surface area is 107 Å². The van der Waals surface area contributed by atoms with E-state index < -0.39 is 0 Å². The summed E-state index contributed by atoms with van der Waals surface area (Å²) in [6.45, 7) is 5.73. The highest BCUT2D eigenvalue weighted by Crippen LogP contribution is 2.02. The van der Waals surface area contributed by atoms with E-state index in [4.69, 9.17) is 0 Å². The SMILES string of the molecule is CCCCN(CCBr)CCc1cnn(C)c1. The van der Waals surface area contributed by atoms with Crippen LogP contribution in [0.4, 0.5) is 0 Å². The zero-order chi connectivity index (χ0) is 11.8. The zero-order valence-corrected chi connectivity index (χ0v) is 11.9. The Morgan fingerprint density at radius 1 is 1.38 bits per heavy atom. The molecule has 0 aliphatic heterocycles. The van der Waals surface area contributed by atoms with Crippen LogP contribution in [-0.4, -0.2) is 39.6 Å². The van der Waals surface area contributed by atoms with Gasteiger partial charge in [0.25, 0.3) is 0 Å². The standard InChI is InChI=1S/C12H22BrN3/c1-3-4-7-16(9-6-13)8-5-12-10-14-15(2)11-12/h10-11H,3-9H2,1-2H3. The van der Waals surface area contributed by atoms with Gasteiger partial charge in [-0.1, -0.05) is 29.3 Å². The molecular formula is C12H22BrN3. The zero-order valence-electron chi connectivity index (χ0n) is 10.3. The number of hydrogen-bond acceptors (Lipinski definition) is 2. The second-order valence-electron chi connectivity index (χ2n) is 4.16. The molecule has 0 radical (unpaired) electrons. The fourth-order valence-electron chi connectivity index (χ4n) is 1.72. The van der Waals surface area contributed by atoms with E-state index in [-0.39, 0.29) is 0 Å². The molecule has 0 bridgehead atoms. The molecule has 3 nitrogen and oxygen atoms in total. The lowest BCUT2D eigenvalue weighted by Crippen LogP contribution is -2.29. The molecule has 0 saturated heterocycles. The second kappa shape index (κ2) is 7.85. The molecule has 0 aromatic carbocycles. The van der Waals surface area contributed by atoms with Gasteiger partial charge in [-0.05, 0) is 24.9 Å². The second-order valence-corrected chi connectivity index (χ2v) is 4.95. The minimum absolute atomic E-state index is 1.06. The lowest BCUT2D eigenvalue weighted by Gasteiger charge is -2.20. The molecule has 0 amide bonds. The van der Waals surface area contributed by atoms with Crippen molar-refractivity contribution < 1.29 is 0 Å². The number of aromatic nitrogens is 2. The summed E-state index contributed by atoms with van der Waals surface area (Å²) >= 11 is 3.51. The predicted octanol–water partition coefficient (Wildman–Crippen LogP) is 2.46. The highest BCUT2D eigenvalue weighted by molar-refractivity contribution is 9.09. The summed E-state index contributed by atoms with van der Waals surface area (Å²) in [7, 11) is 1.97. The van der Waals surface area contributed by atoms with E-state index in [0.29, 0.717) is 0 Å². The van der Waals surface area contributed by atoms with Crippen molar-refractivity contribution in [2.75, 3.05) is 25.0 Å². The van der Waals surface area contributed by atoms with Gasteiger partial charge >= 0.3 is 0 Å². The molecule has 92 valence electrons. The number of rotatable bonds is 8. The Kier molecular flexibility index (Phi) is 6.73. The maximum atomic E-state index is 4.19. The van der Waals surface area contributed by atoms with Gasteiger partial charge in [-0.3, -0.25) is 4.68 Å². The first-order chi connectivity index (χ1) is 7.76. The maximum Gasteiger partial charge on any atom is 0.0522 e. The minimum atomic E-state index is 1.06. The smallest absolute Gasteiger partial charge is 0.0522 e. The van der Waals surface area contributed by atoms with Crippen molar-refractivity contribution >= 4 is 15.9 Å². The summed E-state index contributed by atoms with van der Waals surface area (Å²) in [5, 5.41) is 5.25. The Morgan fingerprint density at radius 2 is 2.19 bits per heavy atom. The van der Waals surface area contributed by atoms with Gasteiger partial charge in [-0.25, -0.2) is 0 Å². The molecule has 1 rings (SSSR count). The number of alkyl halides is 1. The molecule has 0 aliphatic rings. The third-order valence-electron chi connectivity index (χ3n) is 2.70. The lowest BCUT2D eigenvalue weighted by atomic mass is 10.2. The Hall–Kier alpha value is -0.350. The van der Waals surface area contributed by atoms with Crippen LogP contribution in [0, 0.1) is 0 Å². The van der Waals surface area contributed by atoms with Crippen molar-refractivity contribution in [3.05, 3.63) is 18.0 Å². The fourth-order valence-corrected chi connectivity index (χ4v) is 2.23. The Bertz CT molecular complexity index is 286. The first-order valence-corrected chi connectivity index (χ1v) is 7.14. The normalized spacial score (nSPS) is 11.2. The molecule has 1 aromatic rings. The van der Waals surface area contributed by atoms with Gasteiger partial charge in [0.2, 0.25) is 0 Å². The van der Waals surface area contributed by atoms with Crippen molar-refractivity contribution in [1.82, 2.24) is 14.7 Å². The summed E-state index contributed by atoms with van der Waals surface area (Å²) in [4.78, 5) is 2.52. The average Bonchev–Trinajstić information content (AvgIpc) is 2.68. The molecule has 1 aromatic heterocycles. The van der Waals surface area contributed by atoms with E-state index in [1.165, 1.54) is 24.9 Å². The molecular weight excluding hydrogens is 266 g/mol. The Morgan fingerprint density at radius 3 is 2.75 bits per heavy atom. The Balaban J connectivity index is 2.30. The molecule has 0 atom stereocenters. The summed E-state index contributed by atoms with van der Waals surface area (Å²) in [6.07, 6.45) is 7.73. The summed E-state index contributed by atoms with van der Waals surface area (Å²) in [5.41, 5.74) is 1.33. The van der Waals surface area contributed by atoms with Crippen LogP contribution in [0.25, 0.3) is 0 Å². The van der Waals surface area contributed by atoms with Crippen molar-refractivity contribution in [2.24, 2.45) is 7.05 Å². The summed E-state index contributed by atoms with van der Waals surface area (Å²) in [5.74, 6) is 0. The first-order valence-electron chi connectivity index (χ1n) is 6.02. The van der Waals surface area contributed by atoms with E-state index in [9.17, 15) is 0 Å². The predicted molar refractivity (Wildman–Crippen MR) is 72.1 cm³/mol. The average molecular weight is 288 g/mol. The lowest BCUT2D eigenvalue weighted by molar-refractivity contribution is 0.290. The molecule has 0 spiro atoms. The highest BCUT2D eigenvalue weighted by Gasteiger charge is 2.04. The van der Waals surface area contributed by atoms with Crippen LogP contribution in [0.1, 0.15) is 25.3 Å². The van der Waals surface area contributed by atoms with Gasteiger partial charge in [0.15, 0.2) is 0 Å². The van der Waals surface area contributed by atoms with E-state index >= 15 is 0 Å². The molecule has 4 heteroatoms. The van der Waals surface area contributed by atoms with Gasteiger partial charge in [0.1, 0.15) is 0 Å². The quantitative estimate of drug-likeness (QED) is 0.685. The van der Waals surface area contributed by atoms with Crippen molar-refractivity contribution in [3.63, 3.8) is 0 Å². The minimum Gasteiger partial charge on any atom is -0.302 e. The van der Waals surface area contributed by atoms with Crippen molar-refractivity contribution in [2.45, 2.75) is 26.2 Å². The monoisotopic (exact) mass is 287 g/mol. The van der Waals surface area contributed by atoms with Gasteiger partial charge in [-0.15, -0.1) is 0 Å². The molecule has 1 heterocycles. The van der Waals surface area contributed by atoms with Crippen LogP contribution in [0.3, 0.4) is 0 Å². The number of nitrogens with zero attached hydrogens (tertiary/aromatic N) is 3. The molecule has 0 aliphatic carbocycles. The van der Waals surface area contributed by atoms with Crippen LogP contribution in [-0.2, 0) is 13.5 Å². The summed E-state index contributed by atoms with van der Waals surface area (Å²) in [6, 6.07) is 0. The first kappa shape index (κ1) is 13.7. The number of unbranched alkanes of at least 4 members (excludes halogenated alkanes) is 1. The third-order valence-corrected chi connectivity index (χ3v) is 3.06. The molecule has 16 heavy (non-hydrogen) atoms. The van der Waals surface area contributed by atoms with Crippen molar-refractivity contribution in [3.8, 4) is 0 Å². The van der Waals surface area contributed by atoms with Crippen LogP contribution in [0.5, 0.6) is 0 Å². The number of hydrogen-bond donors (Lipinski definition) is 0. The van der Waals surface area contributed by atoms with Gasteiger partial charge < -0.3 is 4.90 Å². The number of halogens is 1. The van der Waals surface area contributed by atoms with Gasteiger partial charge in [-0.2, -0.15) is 5.10 Å². The largest absolute Gasteiger partial charge is 0.302 e. The summed E-state index contributed by atoms with van der Waals surface area (Å²) < 4.78 is 1.87. The van der Waals surface area contributed by atoms with Crippen LogP contribution in [0.15, 0.2) is 12.4 Å². The van der Waals surface area contributed by atoms with E-state index in [1.54, 1.807) is 0 Å². The van der Waals surface area contributed by atoms with E-state index in [0.717, 1.165) is 24.8 Å². The van der Waals surface area contributed by atoms with Gasteiger partial charge in [0.05, 0.1) is 6.20 Å². The topological polar surface area (TPSA) is 21.1 Å². The van der Waals surface area contributed by atoms with Crippen molar-refractivity contribution in [1.29, 1.82) is 0 Å². The van der Waals surface area contributed by atoms with Gasteiger partial charge in [0, 0.05) is 31.7 Å². The maximum absolute atomic E-state index is 4.19. The number of aryl methyl sites for hydroxylation is 1. The van der Waals surface area contributed by atoms with E-state index in [1.807, 2.05) is 17.9 Å². The molecule has 0 unspecified atom stereocenters. The molecule has 0 fully saturated rings. The van der Waals surface area contributed by atoms with Crippen LogP contribution >= 0.6 is 15.9 Å².